The molecule has 4 aromatic rings. The molecular formula is C31H27F5IN5O7S. The Bertz CT molecular complexity index is 2160. The minimum atomic E-state index is -5.32. The van der Waals surface area contributed by atoms with Crippen molar-refractivity contribution in [2.75, 3.05) is 31.1 Å². The number of hydrogen-bond acceptors (Lipinski definition) is 11. The van der Waals surface area contributed by atoms with Gasteiger partial charge in [-0.25, -0.2) is 36.9 Å². The predicted molar refractivity (Wildman–Crippen MR) is 176 cm³/mol. The van der Waals surface area contributed by atoms with Crippen molar-refractivity contribution in [1.29, 1.82) is 0 Å². The van der Waals surface area contributed by atoms with Gasteiger partial charge in [-0.3, -0.25) is 4.90 Å². The summed E-state index contributed by atoms with van der Waals surface area (Å²) in [6.45, 7) is 1.34. The van der Waals surface area contributed by atoms with Crippen molar-refractivity contribution >= 4 is 66.4 Å². The summed E-state index contributed by atoms with van der Waals surface area (Å²) in [4.78, 5) is 29.6. The van der Waals surface area contributed by atoms with E-state index < -0.39 is 73.2 Å². The van der Waals surface area contributed by atoms with Gasteiger partial charge in [0.05, 0.1) is 35.0 Å². The average molecular weight is 836 g/mol. The van der Waals surface area contributed by atoms with Crippen LogP contribution < -0.4 is 14.4 Å². The van der Waals surface area contributed by atoms with Crippen molar-refractivity contribution in [2.24, 2.45) is 0 Å². The number of benzene rings is 2. The highest BCUT2D eigenvalue weighted by molar-refractivity contribution is 14.1. The molecule has 0 saturated carbocycles. The van der Waals surface area contributed by atoms with E-state index in [9.17, 15) is 26.4 Å². The van der Waals surface area contributed by atoms with Gasteiger partial charge in [0.1, 0.15) is 22.8 Å². The molecule has 3 aliphatic heterocycles. The van der Waals surface area contributed by atoms with E-state index in [1.54, 1.807) is 4.90 Å². The van der Waals surface area contributed by atoms with Crippen LogP contribution in [-0.2, 0) is 24.1 Å². The van der Waals surface area contributed by atoms with Crippen molar-refractivity contribution in [2.45, 2.75) is 62.3 Å². The molecule has 5 heterocycles. The average Bonchev–Trinajstić information content (AvgIpc) is 3.32. The molecule has 2 bridgehead atoms. The second kappa shape index (κ2) is 12.7. The monoisotopic (exact) mass is 835 g/mol. The molecule has 0 spiro atoms. The van der Waals surface area contributed by atoms with Crippen LogP contribution in [0.25, 0.3) is 32.9 Å². The lowest BCUT2D eigenvalue weighted by molar-refractivity contribution is -0.275. The molecule has 2 aromatic heterocycles. The van der Waals surface area contributed by atoms with Gasteiger partial charge in [0, 0.05) is 24.6 Å². The Morgan fingerprint density at radius 3 is 2.54 bits per heavy atom. The minimum Gasteiger partial charge on any atom is -0.468 e. The van der Waals surface area contributed by atoms with Crippen LogP contribution in [0.2, 0.25) is 0 Å². The quantitative estimate of drug-likeness (QED) is 0.0906. The molecule has 0 unspecified atom stereocenters. The number of rotatable bonds is 7. The van der Waals surface area contributed by atoms with E-state index in [4.69, 9.17) is 12.5 Å². The van der Waals surface area contributed by atoms with Crippen molar-refractivity contribution in [3.63, 3.8) is 0 Å². The van der Waals surface area contributed by atoms with Gasteiger partial charge < -0.3 is 22.2 Å². The number of sulfone groups is 1. The summed E-state index contributed by atoms with van der Waals surface area (Å²) >= 11 is 1.53. The molecule has 266 valence electrons. The molecule has 3 atom stereocenters. The Balaban J connectivity index is 1.52. The largest absolute Gasteiger partial charge is 0.573 e. The van der Waals surface area contributed by atoms with E-state index in [2.05, 4.69) is 19.7 Å². The van der Waals surface area contributed by atoms with Crippen LogP contribution in [0, 0.1) is 11.6 Å². The normalized spacial score (nSPS) is 20.2. The van der Waals surface area contributed by atoms with Gasteiger partial charge in [-0.05, 0) is 49.3 Å². The number of anilines is 1. The first-order valence-corrected chi connectivity index (χ1v) is 17.9. The number of alkyl halides is 3. The van der Waals surface area contributed by atoms with Crippen molar-refractivity contribution < 1.29 is 52.4 Å². The molecule has 2 saturated heterocycles. The number of aryl methyl sites for hydroxylation is 1. The van der Waals surface area contributed by atoms with Crippen molar-refractivity contribution in [1.82, 2.24) is 19.9 Å². The number of hydrogen-bond donors (Lipinski definition) is 0. The summed E-state index contributed by atoms with van der Waals surface area (Å²) < 4.78 is 119. The zero-order chi connectivity index (χ0) is 35.7. The first-order chi connectivity index (χ1) is 23.8. The lowest BCUT2D eigenvalue weighted by Gasteiger charge is -2.46. The van der Waals surface area contributed by atoms with Gasteiger partial charge in [-0.15, -0.1) is 13.2 Å². The molecular weight excluding hydrogens is 808 g/mol. The smallest absolute Gasteiger partial charge is 0.468 e. The van der Waals surface area contributed by atoms with Crippen LogP contribution in [0.1, 0.15) is 31.9 Å². The fourth-order valence-corrected chi connectivity index (χ4v) is 8.21. The van der Waals surface area contributed by atoms with E-state index in [1.807, 2.05) is 4.90 Å². The highest BCUT2D eigenvalue weighted by atomic mass is 127. The van der Waals surface area contributed by atoms with Crippen molar-refractivity contribution in [3.05, 3.63) is 41.6 Å². The predicted octanol–water partition coefficient (Wildman–Crippen LogP) is 6.25. The van der Waals surface area contributed by atoms with E-state index >= 15 is 8.78 Å². The molecule has 0 aliphatic carbocycles. The van der Waals surface area contributed by atoms with Crippen LogP contribution in [-0.4, -0.2) is 85.1 Å². The van der Waals surface area contributed by atoms with Crippen LogP contribution in [0.15, 0.2) is 29.4 Å². The van der Waals surface area contributed by atoms with Crippen LogP contribution >= 0.6 is 23.0 Å². The summed E-state index contributed by atoms with van der Waals surface area (Å²) in [7, 11) is -2.79. The molecule has 12 nitrogen and oxygen atoms in total. The maximum Gasteiger partial charge on any atom is 0.573 e. The molecule has 2 fully saturated rings. The number of halogens is 6. The number of piperazine rings is 1. The molecule has 2 aromatic carbocycles. The van der Waals surface area contributed by atoms with Gasteiger partial charge in [-0.1, -0.05) is 13.0 Å². The van der Waals surface area contributed by atoms with Crippen LogP contribution in [0.5, 0.6) is 11.5 Å². The number of methoxy groups -OCH3 is 1. The Labute approximate surface area is 295 Å². The third-order valence-corrected chi connectivity index (χ3v) is 11.2. The summed E-state index contributed by atoms with van der Waals surface area (Å²) in [5.41, 5.74) is -1.08. The topological polar surface area (TPSA) is 133 Å². The standard InChI is InChI=1S/C31H27F5IN5O7S/c1-3-50(44,45)29-39-26-23-19(7-9-20-21-8-5-15(42(21)30(43)49-37)12-41(20)28(23)40-29)38-25(24(26)33)17-11-16(47-13-46-2)10-14-4-6-18(32)27(22(14)17)48-31(34,35)36/h4,6,10-11,15,20-21H,3,5,7-9,12-13H2,1-2H3/t15-,20-,21+/m1/s1. The zero-order valence-corrected chi connectivity index (χ0v) is 29.2. The molecule has 0 N–H and O–H groups in total. The van der Waals surface area contributed by atoms with Gasteiger partial charge >= 0.3 is 12.5 Å². The number of ether oxygens (including phenoxy) is 3. The fourth-order valence-electron chi connectivity index (χ4n) is 7.27. The number of fused-ring (bicyclic) bond motifs is 6. The Morgan fingerprint density at radius 2 is 1.84 bits per heavy atom. The second-order valence-electron chi connectivity index (χ2n) is 12.0. The lowest BCUT2D eigenvalue weighted by Crippen LogP contribution is -2.61. The third kappa shape index (κ3) is 5.79. The minimum absolute atomic E-state index is 0.00515. The number of carbonyl (C=O) groups excluding carboxylic acids is 1. The van der Waals surface area contributed by atoms with E-state index in [-0.39, 0.29) is 65.4 Å². The van der Waals surface area contributed by atoms with Gasteiger partial charge in [0.25, 0.3) is 0 Å². The molecule has 0 radical (unpaired) electrons. The maximum absolute atomic E-state index is 17.1. The van der Waals surface area contributed by atoms with E-state index in [1.165, 1.54) is 55.2 Å². The number of aromatic nitrogens is 3. The second-order valence-corrected chi connectivity index (χ2v) is 14.6. The Kier molecular flexibility index (Phi) is 8.81. The lowest BCUT2D eigenvalue weighted by atomic mass is 9.97. The molecule has 50 heavy (non-hydrogen) atoms. The highest BCUT2D eigenvalue weighted by Crippen LogP contribution is 2.47. The number of carbonyl (C=O) groups is 1. The van der Waals surface area contributed by atoms with Gasteiger partial charge in [0.2, 0.25) is 15.0 Å². The first-order valence-electron chi connectivity index (χ1n) is 15.4. The summed E-state index contributed by atoms with van der Waals surface area (Å²) in [5.74, 6) is -4.03. The number of amides is 1. The Hall–Kier alpha value is -3.85. The number of nitrogens with zero attached hydrogens (tertiary/aromatic N) is 5. The van der Waals surface area contributed by atoms with Crippen LogP contribution in [0.4, 0.5) is 32.6 Å². The van der Waals surface area contributed by atoms with E-state index in [0.29, 0.717) is 19.3 Å². The summed E-state index contributed by atoms with van der Waals surface area (Å²) in [6.07, 6.45) is -4.03. The van der Waals surface area contributed by atoms with Gasteiger partial charge in [-0.2, -0.15) is 0 Å². The SMILES string of the molecule is CCS(=O)(=O)c1nc2c3c(nc(-c4cc(OCOC)cc5ccc(F)c(OC(F)(F)F)c45)c(F)c3n1)CC[C@@H]1[C@@H]3CC[C@H](CN21)N3C(=O)OI. The molecule has 3 aliphatic rings. The van der Waals surface area contributed by atoms with Crippen molar-refractivity contribution in [3.8, 4) is 22.8 Å². The highest BCUT2D eigenvalue weighted by Gasteiger charge is 2.51. The maximum atomic E-state index is 17.1. The fraction of sp³-hybridized carbons (Fsp3) is 0.419. The molecule has 1 amide bonds. The summed E-state index contributed by atoms with van der Waals surface area (Å²) in [5, 5.41) is -0.991. The van der Waals surface area contributed by atoms with Crippen LogP contribution in [0.3, 0.4) is 0 Å². The summed E-state index contributed by atoms with van der Waals surface area (Å²) in [6, 6.07) is 3.40. The van der Waals surface area contributed by atoms with Gasteiger partial charge in [0.15, 0.2) is 47.2 Å². The Morgan fingerprint density at radius 1 is 1.06 bits per heavy atom. The first kappa shape index (κ1) is 34.6. The number of pyridine rings is 1. The molecule has 19 heteroatoms. The third-order valence-electron chi connectivity index (χ3n) is 9.31. The molecule has 7 rings (SSSR count). The van der Waals surface area contributed by atoms with E-state index in [0.717, 1.165) is 6.07 Å². The zero-order valence-electron chi connectivity index (χ0n) is 26.3.